The van der Waals surface area contributed by atoms with Gasteiger partial charge in [-0.15, -0.1) is 21.6 Å². The first-order chi connectivity index (χ1) is 17.2. The molecule has 7 nitrogen and oxygen atoms in total. The van der Waals surface area contributed by atoms with Crippen molar-refractivity contribution in [1.82, 2.24) is 19.7 Å². The topological polar surface area (TPSA) is 88.3 Å². The minimum Gasteiger partial charge on any atom is -0.286 e. The van der Waals surface area contributed by atoms with Gasteiger partial charge in [-0.25, -0.2) is 9.97 Å². The van der Waals surface area contributed by atoms with Gasteiger partial charge in [0, 0.05) is 16.5 Å². The van der Waals surface area contributed by atoms with E-state index in [4.69, 9.17) is 0 Å². The first-order valence-electron chi connectivity index (χ1n) is 10.9. The number of aromatic amines is 1. The maximum Gasteiger partial charge on any atom is 0.301 e. The summed E-state index contributed by atoms with van der Waals surface area (Å²) in [5.74, 6) is 0. The third-order valence-corrected chi connectivity index (χ3v) is 7.20. The predicted octanol–water partition coefficient (Wildman–Crippen LogP) is 7.29. The molecule has 0 fully saturated rings. The standard InChI is InChI=1S/C26H18N6OS2/c1-16-12-13-21-19(14-16)27-25(35-21)30-29-23-22(18-10-6-3-7-11-18)31-32(24(23)33)26-28-20(15-34-26)17-8-4-2-5-9-17/h2-15,31H,1H3. The highest BCUT2D eigenvalue weighted by Crippen LogP contribution is 2.32. The van der Waals surface area contributed by atoms with Gasteiger partial charge < -0.3 is 0 Å². The Morgan fingerprint density at radius 2 is 1.63 bits per heavy atom. The number of rotatable bonds is 5. The molecule has 0 atom stereocenters. The third-order valence-electron chi connectivity index (χ3n) is 5.45. The highest BCUT2D eigenvalue weighted by Gasteiger charge is 2.19. The summed E-state index contributed by atoms with van der Waals surface area (Å²) >= 11 is 2.82. The number of hydrogen-bond donors (Lipinski definition) is 1. The first kappa shape index (κ1) is 21.3. The van der Waals surface area contributed by atoms with E-state index >= 15 is 0 Å². The molecular formula is C26H18N6OS2. The highest BCUT2D eigenvalue weighted by atomic mass is 32.1. The molecule has 0 spiro atoms. The van der Waals surface area contributed by atoms with E-state index in [-0.39, 0.29) is 11.2 Å². The minimum atomic E-state index is -0.321. The summed E-state index contributed by atoms with van der Waals surface area (Å²) in [6.07, 6.45) is 0. The molecule has 9 heteroatoms. The maximum absolute atomic E-state index is 13.5. The summed E-state index contributed by atoms with van der Waals surface area (Å²) in [5.41, 5.74) is 5.09. The number of hydrogen-bond acceptors (Lipinski definition) is 7. The number of H-pyrrole nitrogens is 1. The van der Waals surface area contributed by atoms with Crippen molar-refractivity contribution in [3.8, 4) is 27.6 Å². The number of thiazole rings is 2. The Labute approximate surface area is 208 Å². The largest absolute Gasteiger partial charge is 0.301 e. The fraction of sp³-hybridized carbons (Fsp3) is 0.0385. The normalized spacial score (nSPS) is 11.6. The van der Waals surface area contributed by atoms with Gasteiger partial charge in [0.05, 0.1) is 21.6 Å². The van der Waals surface area contributed by atoms with Gasteiger partial charge in [0.15, 0.2) is 5.69 Å². The van der Waals surface area contributed by atoms with Gasteiger partial charge in [-0.2, -0.15) is 4.68 Å². The molecule has 0 amide bonds. The van der Waals surface area contributed by atoms with Gasteiger partial charge in [-0.05, 0) is 24.6 Å². The van der Waals surface area contributed by atoms with Crippen LogP contribution in [-0.4, -0.2) is 19.7 Å². The van der Waals surface area contributed by atoms with Crippen LogP contribution in [0.3, 0.4) is 0 Å². The average molecular weight is 495 g/mol. The Morgan fingerprint density at radius 1 is 0.886 bits per heavy atom. The zero-order valence-electron chi connectivity index (χ0n) is 18.5. The van der Waals surface area contributed by atoms with E-state index in [1.807, 2.05) is 91.2 Å². The Hall–Kier alpha value is -4.21. The average Bonchev–Trinajstić information content (AvgIpc) is 3.61. The molecule has 0 aliphatic rings. The fourth-order valence-electron chi connectivity index (χ4n) is 3.73. The highest BCUT2D eigenvalue weighted by molar-refractivity contribution is 7.21. The number of nitrogens with zero attached hydrogens (tertiary/aromatic N) is 5. The smallest absolute Gasteiger partial charge is 0.286 e. The summed E-state index contributed by atoms with van der Waals surface area (Å²) in [5, 5.41) is 14.9. The van der Waals surface area contributed by atoms with Gasteiger partial charge in [0.1, 0.15) is 0 Å². The molecule has 0 saturated heterocycles. The monoisotopic (exact) mass is 494 g/mol. The molecule has 6 aromatic rings. The first-order valence-corrected chi connectivity index (χ1v) is 12.6. The number of aromatic nitrogens is 4. The molecule has 1 N–H and O–H groups in total. The maximum atomic E-state index is 13.5. The molecule has 3 aromatic carbocycles. The van der Waals surface area contributed by atoms with Gasteiger partial charge in [-0.1, -0.05) is 78.1 Å². The van der Waals surface area contributed by atoms with E-state index in [1.54, 1.807) is 0 Å². The predicted molar refractivity (Wildman–Crippen MR) is 141 cm³/mol. The van der Waals surface area contributed by atoms with Crippen LogP contribution in [0, 0.1) is 6.92 Å². The molecule has 0 unspecified atom stereocenters. The van der Waals surface area contributed by atoms with E-state index in [0.29, 0.717) is 16.0 Å². The second-order valence-electron chi connectivity index (χ2n) is 7.89. The van der Waals surface area contributed by atoms with Crippen molar-refractivity contribution in [3.63, 3.8) is 0 Å². The molecule has 170 valence electrons. The molecule has 6 rings (SSSR count). The summed E-state index contributed by atoms with van der Waals surface area (Å²) < 4.78 is 2.45. The molecule has 0 bridgehead atoms. The number of aryl methyl sites for hydroxylation is 1. The lowest BCUT2D eigenvalue weighted by Gasteiger charge is -1.98. The van der Waals surface area contributed by atoms with Crippen molar-refractivity contribution < 1.29 is 0 Å². The van der Waals surface area contributed by atoms with Crippen LogP contribution in [-0.2, 0) is 0 Å². The van der Waals surface area contributed by atoms with Crippen molar-refractivity contribution in [2.24, 2.45) is 10.2 Å². The lowest BCUT2D eigenvalue weighted by molar-refractivity contribution is 0.843. The zero-order chi connectivity index (χ0) is 23.8. The van der Waals surface area contributed by atoms with Crippen molar-refractivity contribution in [1.29, 1.82) is 0 Å². The number of benzene rings is 3. The molecule has 0 aliphatic heterocycles. The summed E-state index contributed by atoms with van der Waals surface area (Å²) in [7, 11) is 0. The van der Waals surface area contributed by atoms with E-state index in [2.05, 4.69) is 25.3 Å². The molecule has 0 saturated carbocycles. The summed E-state index contributed by atoms with van der Waals surface area (Å²) in [4.78, 5) is 22.7. The van der Waals surface area contributed by atoms with Crippen LogP contribution in [0.5, 0.6) is 0 Å². The van der Waals surface area contributed by atoms with Crippen LogP contribution >= 0.6 is 22.7 Å². The molecule has 0 aliphatic carbocycles. The second kappa shape index (κ2) is 8.86. The summed E-state index contributed by atoms with van der Waals surface area (Å²) in [6, 6.07) is 25.5. The van der Waals surface area contributed by atoms with E-state index in [9.17, 15) is 4.79 Å². The van der Waals surface area contributed by atoms with Crippen molar-refractivity contribution in [2.45, 2.75) is 6.92 Å². The lowest BCUT2D eigenvalue weighted by atomic mass is 10.1. The molecule has 3 heterocycles. The van der Waals surface area contributed by atoms with Crippen LogP contribution in [0.1, 0.15) is 5.56 Å². The van der Waals surface area contributed by atoms with Crippen LogP contribution in [0.25, 0.3) is 37.9 Å². The molecule has 35 heavy (non-hydrogen) atoms. The zero-order valence-corrected chi connectivity index (χ0v) is 20.2. The molecule has 0 radical (unpaired) electrons. The number of nitrogens with one attached hydrogen (secondary N) is 1. The summed E-state index contributed by atoms with van der Waals surface area (Å²) in [6.45, 7) is 2.02. The van der Waals surface area contributed by atoms with E-state index in [0.717, 1.165) is 32.6 Å². The van der Waals surface area contributed by atoms with Crippen LogP contribution in [0.4, 0.5) is 10.8 Å². The molecular weight excluding hydrogens is 476 g/mol. The van der Waals surface area contributed by atoms with E-state index < -0.39 is 0 Å². The van der Waals surface area contributed by atoms with Crippen LogP contribution in [0.15, 0.2) is 99.3 Å². The lowest BCUT2D eigenvalue weighted by Crippen LogP contribution is -2.13. The Balaban J connectivity index is 1.44. The van der Waals surface area contributed by atoms with Crippen molar-refractivity contribution in [3.05, 3.63) is 100 Å². The van der Waals surface area contributed by atoms with E-state index in [1.165, 1.54) is 27.4 Å². The SMILES string of the molecule is Cc1ccc2sc(N=Nc3c(-c4ccccc4)[nH]n(-c4nc(-c5ccccc5)cs4)c3=O)nc2c1. The quantitative estimate of drug-likeness (QED) is 0.255. The van der Waals surface area contributed by atoms with Gasteiger partial charge >= 0.3 is 5.56 Å². The van der Waals surface area contributed by atoms with Crippen LogP contribution in [0.2, 0.25) is 0 Å². The minimum absolute atomic E-state index is 0.211. The number of fused-ring (bicyclic) bond motifs is 1. The van der Waals surface area contributed by atoms with Gasteiger partial charge in [-0.3, -0.25) is 9.89 Å². The second-order valence-corrected chi connectivity index (χ2v) is 9.74. The Morgan fingerprint density at radius 3 is 2.40 bits per heavy atom. The Bertz CT molecular complexity index is 1730. The molecule has 3 aromatic heterocycles. The van der Waals surface area contributed by atoms with Crippen molar-refractivity contribution >= 4 is 43.7 Å². The fourth-order valence-corrected chi connectivity index (χ4v) is 5.29. The van der Waals surface area contributed by atoms with Gasteiger partial charge in [0.25, 0.3) is 0 Å². The third kappa shape index (κ3) is 4.11. The van der Waals surface area contributed by atoms with Crippen molar-refractivity contribution in [2.75, 3.05) is 0 Å². The van der Waals surface area contributed by atoms with Gasteiger partial charge in [0.2, 0.25) is 10.3 Å². The number of azo groups is 1. The Kier molecular flexibility index (Phi) is 5.40. The van der Waals surface area contributed by atoms with Crippen LogP contribution < -0.4 is 5.56 Å².